The monoisotopic (exact) mass is 383 g/mol. The van der Waals surface area contributed by atoms with Crippen molar-refractivity contribution in [2.24, 2.45) is 5.10 Å². The summed E-state index contributed by atoms with van der Waals surface area (Å²) < 4.78 is 10.8. The number of benzene rings is 2. The minimum absolute atomic E-state index is 0.120. The van der Waals surface area contributed by atoms with Gasteiger partial charge in [-0.05, 0) is 42.5 Å². The molecule has 6 nitrogen and oxygen atoms in total. The number of ether oxygens (including phenoxy) is 1. The van der Waals surface area contributed by atoms with Gasteiger partial charge in [0.1, 0.15) is 17.3 Å². The van der Waals surface area contributed by atoms with E-state index in [9.17, 15) is 4.79 Å². The van der Waals surface area contributed by atoms with Crippen molar-refractivity contribution >= 4 is 29.4 Å². The minimum Gasteiger partial charge on any atom is -0.495 e. The number of nitrogens with zero attached hydrogens (tertiary/aromatic N) is 1. The van der Waals surface area contributed by atoms with E-state index in [1.54, 1.807) is 31.4 Å². The number of amides is 1. The molecule has 7 heteroatoms. The van der Waals surface area contributed by atoms with Crippen LogP contribution in [0.25, 0.3) is 11.3 Å². The molecule has 0 spiro atoms. The van der Waals surface area contributed by atoms with Crippen molar-refractivity contribution in [3.05, 3.63) is 71.4 Å². The first-order valence-electron chi connectivity index (χ1n) is 8.20. The molecule has 2 N–H and O–H groups in total. The standard InChI is InChI=1S/C20H18ClN3O3/c1-26-19-9-7-14(11-17(19)21)18-10-8-16(27-18)12-23-24-20(25)13-22-15-5-3-2-4-6-15/h2-12,22H,13H2,1H3,(H,24,25). The predicted molar refractivity (Wildman–Crippen MR) is 106 cm³/mol. The molecule has 1 amide bonds. The highest BCUT2D eigenvalue weighted by molar-refractivity contribution is 6.32. The van der Waals surface area contributed by atoms with Crippen LogP contribution in [-0.2, 0) is 4.79 Å². The average Bonchev–Trinajstić information content (AvgIpc) is 3.16. The lowest BCUT2D eigenvalue weighted by Crippen LogP contribution is -2.25. The Kier molecular flexibility index (Phi) is 6.12. The van der Waals surface area contributed by atoms with Crippen molar-refractivity contribution in [1.29, 1.82) is 0 Å². The van der Waals surface area contributed by atoms with Gasteiger partial charge in [-0.3, -0.25) is 4.79 Å². The lowest BCUT2D eigenvalue weighted by Gasteiger charge is -2.04. The lowest BCUT2D eigenvalue weighted by atomic mass is 10.2. The van der Waals surface area contributed by atoms with Crippen LogP contribution in [0.5, 0.6) is 5.75 Å². The van der Waals surface area contributed by atoms with E-state index in [1.165, 1.54) is 6.21 Å². The predicted octanol–water partition coefficient (Wildman–Crippen LogP) is 4.17. The smallest absolute Gasteiger partial charge is 0.259 e. The molecule has 3 rings (SSSR count). The minimum atomic E-state index is -0.260. The molecule has 0 radical (unpaired) electrons. The van der Waals surface area contributed by atoms with Gasteiger partial charge in [-0.1, -0.05) is 29.8 Å². The number of nitrogens with one attached hydrogen (secondary N) is 2. The molecule has 3 aromatic rings. The molecule has 1 aromatic heterocycles. The molecule has 0 unspecified atom stereocenters. The van der Waals surface area contributed by atoms with Gasteiger partial charge < -0.3 is 14.5 Å². The molecule has 0 aliphatic carbocycles. The second kappa shape index (κ2) is 8.91. The Morgan fingerprint density at radius 2 is 2.00 bits per heavy atom. The maximum atomic E-state index is 11.8. The van der Waals surface area contributed by atoms with Crippen LogP contribution in [0.15, 0.2) is 70.2 Å². The van der Waals surface area contributed by atoms with Gasteiger partial charge in [-0.2, -0.15) is 5.10 Å². The first-order valence-corrected chi connectivity index (χ1v) is 8.58. The molecular weight excluding hydrogens is 366 g/mol. The Morgan fingerprint density at radius 3 is 2.74 bits per heavy atom. The molecule has 0 fully saturated rings. The maximum Gasteiger partial charge on any atom is 0.259 e. The molecule has 0 aliphatic rings. The molecule has 27 heavy (non-hydrogen) atoms. The van der Waals surface area contributed by atoms with E-state index in [0.717, 1.165) is 11.3 Å². The number of methoxy groups -OCH3 is 1. The molecule has 0 bridgehead atoms. The van der Waals surface area contributed by atoms with Gasteiger partial charge in [0.15, 0.2) is 0 Å². The zero-order valence-corrected chi connectivity index (χ0v) is 15.4. The van der Waals surface area contributed by atoms with Crippen molar-refractivity contribution in [1.82, 2.24) is 5.43 Å². The number of halogens is 1. The molecule has 1 heterocycles. The highest BCUT2D eigenvalue weighted by atomic mass is 35.5. The van der Waals surface area contributed by atoms with Crippen LogP contribution in [0.2, 0.25) is 5.02 Å². The third kappa shape index (κ3) is 5.12. The van der Waals surface area contributed by atoms with Crippen molar-refractivity contribution in [3.8, 4) is 17.1 Å². The molecule has 0 atom stereocenters. The summed E-state index contributed by atoms with van der Waals surface area (Å²) in [5.41, 5.74) is 4.13. The normalized spacial score (nSPS) is 10.7. The summed E-state index contributed by atoms with van der Waals surface area (Å²) in [5, 5.41) is 7.40. The van der Waals surface area contributed by atoms with Gasteiger partial charge in [-0.25, -0.2) is 5.43 Å². The van der Waals surface area contributed by atoms with E-state index >= 15 is 0 Å². The summed E-state index contributed by atoms with van der Waals surface area (Å²) in [5.74, 6) is 1.48. The second-order valence-corrected chi connectivity index (χ2v) is 5.97. The summed E-state index contributed by atoms with van der Waals surface area (Å²) in [7, 11) is 1.56. The number of carbonyl (C=O) groups excluding carboxylic acids is 1. The highest BCUT2D eigenvalue weighted by Gasteiger charge is 2.07. The summed E-state index contributed by atoms with van der Waals surface area (Å²) in [4.78, 5) is 11.8. The Bertz CT molecular complexity index is 939. The molecule has 0 saturated heterocycles. The fraction of sp³-hybridized carbons (Fsp3) is 0.100. The zero-order valence-electron chi connectivity index (χ0n) is 14.6. The fourth-order valence-corrected chi connectivity index (χ4v) is 2.60. The van der Waals surface area contributed by atoms with Gasteiger partial charge >= 0.3 is 0 Å². The summed E-state index contributed by atoms with van der Waals surface area (Å²) >= 11 is 6.13. The van der Waals surface area contributed by atoms with E-state index in [0.29, 0.717) is 22.3 Å². The zero-order chi connectivity index (χ0) is 19.1. The van der Waals surface area contributed by atoms with E-state index in [4.69, 9.17) is 20.8 Å². The molecule has 0 aliphatic heterocycles. The fourth-order valence-electron chi connectivity index (χ4n) is 2.34. The Hall–Kier alpha value is -3.25. The van der Waals surface area contributed by atoms with Gasteiger partial charge in [0.25, 0.3) is 5.91 Å². The molecule has 138 valence electrons. The van der Waals surface area contributed by atoms with E-state index in [1.807, 2.05) is 36.4 Å². The number of hydrogen-bond acceptors (Lipinski definition) is 5. The first kappa shape index (κ1) is 18.5. The SMILES string of the molecule is COc1ccc(-c2ccc(C=NNC(=O)CNc3ccccc3)o2)cc1Cl. The number of hydrazone groups is 1. The number of hydrogen-bond donors (Lipinski definition) is 2. The average molecular weight is 384 g/mol. The van der Waals surface area contributed by atoms with Crippen LogP contribution >= 0.6 is 11.6 Å². The number of furan rings is 1. The van der Waals surface area contributed by atoms with Crippen molar-refractivity contribution in [2.75, 3.05) is 19.0 Å². The van der Waals surface area contributed by atoms with Gasteiger partial charge in [0.2, 0.25) is 0 Å². The topological polar surface area (TPSA) is 75.9 Å². The van der Waals surface area contributed by atoms with Crippen LogP contribution in [0.3, 0.4) is 0 Å². The van der Waals surface area contributed by atoms with E-state index in [-0.39, 0.29) is 12.5 Å². The summed E-state index contributed by atoms with van der Waals surface area (Å²) in [6.45, 7) is 0.120. The van der Waals surface area contributed by atoms with Crippen molar-refractivity contribution in [3.63, 3.8) is 0 Å². The third-order valence-electron chi connectivity index (χ3n) is 3.67. The van der Waals surface area contributed by atoms with Crippen molar-refractivity contribution < 1.29 is 13.9 Å². The lowest BCUT2D eigenvalue weighted by molar-refractivity contribution is -0.119. The summed E-state index contributed by atoms with van der Waals surface area (Å²) in [6, 6.07) is 18.4. The second-order valence-electron chi connectivity index (χ2n) is 5.56. The molecule has 2 aromatic carbocycles. The van der Waals surface area contributed by atoms with Crippen LogP contribution < -0.4 is 15.5 Å². The van der Waals surface area contributed by atoms with Gasteiger partial charge in [0, 0.05) is 11.3 Å². The van der Waals surface area contributed by atoms with Crippen LogP contribution in [0, 0.1) is 0 Å². The van der Waals surface area contributed by atoms with Crippen LogP contribution in [0.4, 0.5) is 5.69 Å². The Morgan fingerprint density at radius 1 is 1.19 bits per heavy atom. The van der Waals surface area contributed by atoms with Crippen LogP contribution in [0.1, 0.15) is 5.76 Å². The Balaban J connectivity index is 1.54. The quantitative estimate of drug-likeness (QED) is 0.474. The Labute approximate surface area is 161 Å². The third-order valence-corrected chi connectivity index (χ3v) is 3.97. The highest BCUT2D eigenvalue weighted by Crippen LogP contribution is 2.30. The molecular formula is C20H18ClN3O3. The van der Waals surface area contributed by atoms with Gasteiger partial charge in [-0.15, -0.1) is 0 Å². The summed E-state index contributed by atoms with van der Waals surface area (Å²) in [6.07, 6.45) is 1.44. The number of carbonyl (C=O) groups is 1. The van der Waals surface area contributed by atoms with Gasteiger partial charge in [0.05, 0.1) is 24.9 Å². The first-order chi connectivity index (χ1) is 13.2. The van der Waals surface area contributed by atoms with Crippen molar-refractivity contribution in [2.45, 2.75) is 0 Å². The molecule has 0 saturated carbocycles. The van der Waals surface area contributed by atoms with E-state index in [2.05, 4.69) is 15.8 Å². The number of rotatable bonds is 7. The maximum absolute atomic E-state index is 11.8. The number of para-hydroxylation sites is 1. The largest absolute Gasteiger partial charge is 0.495 e. The van der Waals surface area contributed by atoms with Crippen LogP contribution in [-0.4, -0.2) is 25.8 Å². The van der Waals surface area contributed by atoms with E-state index < -0.39 is 0 Å². The number of anilines is 1.